The minimum atomic E-state index is -4.75. The van der Waals surface area contributed by atoms with Crippen LogP contribution in [-0.2, 0) is 42.2 Å². The second-order valence-electron chi connectivity index (χ2n) is 19.5. The number of phosphoric acid groups is 1. The van der Waals surface area contributed by atoms with Gasteiger partial charge in [-0.15, -0.1) is 0 Å². The molecule has 0 saturated heterocycles. The number of ether oxygens (including phenoxy) is 3. The Hall–Kier alpha value is -2.30. The molecular weight excluding hydrogens is 904 g/mol. The summed E-state index contributed by atoms with van der Waals surface area (Å²) in [5, 5.41) is 9.80. The molecule has 0 aliphatic heterocycles. The highest BCUT2D eigenvalue weighted by Crippen LogP contribution is 2.43. The average molecular weight is 1010 g/mol. The molecule has 0 heterocycles. The van der Waals surface area contributed by atoms with E-state index in [0.29, 0.717) is 19.3 Å². The number of aliphatic hydroxyl groups is 1. The first-order chi connectivity index (χ1) is 34.2. The molecule has 3 atom stereocenters. The summed E-state index contributed by atoms with van der Waals surface area (Å²) in [6.45, 7) is 4.58. The third kappa shape index (κ3) is 50.6. The third-order valence-corrected chi connectivity index (χ3v) is 13.5. The molecule has 2 N–H and O–H groups in total. The first-order valence-corrected chi connectivity index (χ1v) is 30.4. The van der Waals surface area contributed by atoms with Gasteiger partial charge in [0.2, 0.25) is 0 Å². The summed E-state index contributed by atoms with van der Waals surface area (Å²) in [5.41, 5.74) is 0. The fourth-order valence-corrected chi connectivity index (χ4v) is 8.88. The second kappa shape index (κ2) is 53.0. The van der Waals surface area contributed by atoms with Crippen molar-refractivity contribution in [3.63, 3.8) is 0 Å². The number of unbranched alkanes of at least 4 members (excludes halogenated alkanes) is 31. The Kier molecular flexibility index (Phi) is 51.3. The zero-order valence-electron chi connectivity index (χ0n) is 45.2. The first-order valence-electron chi connectivity index (χ1n) is 28.9. The van der Waals surface area contributed by atoms with Crippen LogP contribution in [0.15, 0.2) is 36.5 Å². The van der Waals surface area contributed by atoms with Gasteiger partial charge in [0.15, 0.2) is 6.10 Å². The van der Waals surface area contributed by atoms with Crippen molar-refractivity contribution in [1.82, 2.24) is 0 Å². The molecule has 12 heteroatoms. The maximum absolute atomic E-state index is 12.9. The van der Waals surface area contributed by atoms with E-state index in [1.54, 1.807) is 0 Å². The number of esters is 3. The SMILES string of the molecule is CCC/C=C\C/C=C\CCCCCCCC(=O)OC(CO)COP(=O)(O)OCC(COC(=O)CCCCCCCCCCCCCCCCC)OC(=O)CCCCCCC/C=C\CCCCCCCC. The molecule has 0 fully saturated rings. The smallest absolute Gasteiger partial charge is 0.462 e. The summed E-state index contributed by atoms with van der Waals surface area (Å²) in [6.07, 6.45) is 53.8. The number of hydrogen-bond donors (Lipinski definition) is 2. The molecule has 11 nitrogen and oxygen atoms in total. The molecular formula is C58H107O11P. The van der Waals surface area contributed by atoms with Gasteiger partial charge in [0.25, 0.3) is 0 Å². The lowest BCUT2D eigenvalue weighted by atomic mass is 10.0. The van der Waals surface area contributed by atoms with E-state index in [2.05, 4.69) is 57.2 Å². The first kappa shape index (κ1) is 67.7. The lowest BCUT2D eigenvalue weighted by molar-refractivity contribution is -0.161. The zero-order valence-corrected chi connectivity index (χ0v) is 46.1. The number of allylic oxidation sites excluding steroid dienone is 6. The van der Waals surface area contributed by atoms with Crippen molar-refractivity contribution in [2.75, 3.05) is 26.4 Å². The zero-order chi connectivity index (χ0) is 51.3. The van der Waals surface area contributed by atoms with Crippen molar-refractivity contribution in [1.29, 1.82) is 0 Å². The Labute approximate surface area is 429 Å². The van der Waals surface area contributed by atoms with E-state index in [9.17, 15) is 28.9 Å². The van der Waals surface area contributed by atoms with Crippen LogP contribution in [0.25, 0.3) is 0 Å². The van der Waals surface area contributed by atoms with Crippen molar-refractivity contribution in [2.24, 2.45) is 0 Å². The van der Waals surface area contributed by atoms with E-state index in [0.717, 1.165) is 103 Å². The number of rotatable bonds is 54. The van der Waals surface area contributed by atoms with Crippen molar-refractivity contribution in [3.8, 4) is 0 Å². The highest BCUT2D eigenvalue weighted by Gasteiger charge is 2.28. The molecule has 0 aromatic rings. The van der Waals surface area contributed by atoms with Gasteiger partial charge in [-0.3, -0.25) is 23.4 Å². The molecule has 0 aliphatic rings. The lowest BCUT2D eigenvalue weighted by Gasteiger charge is -2.21. The molecule has 0 amide bonds. The van der Waals surface area contributed by atoms with Gasteiger partial charge in [-0.25, -0.2) is 4.57 Å². The molecule has 0 bridgehead atoms. The summed E-state index contributed by atoms with van der Waals surface area (Å²) in [6, 6.07) is 0. The Morgan fingerprint density at radius 1 is 0.400 bits per heavy atom. The van der Waals surface area contributed by atoms with Gasteiger partial charge in [-0.2, -0.15) is 0 Å². The maximum Gasteiger partial charge on any atom is 0.472 e. The van der Waals surface area contributed by atoms with Crippen LogP contribution in [0, 0.1) is 0 Å². The predicted octanol–water partition coefficient (Wildman–Crippen LogP) is 16.8. The molecule has 3 unspecified atom stereocenters. The van der Waals surface area contributed by atoms with E-state index in [1.807, 2.05) is 0 Å². The maximum atomic E-state index is 12.9. The van der Waals surface area contributed by atoms with Gasteiger partial charge < -0.3 is 24.2 Å². The van der Waals surface area contributed by atoms with E-state index >= 15 is 0 Å². The largest absolute Gasteiger partial charge is 0.472 e. The van der Waals surface area contributed by atoms with E-state index in [4.69, 9.17) is 23.3 Å². The molecule has 0 spiro atoms. The van der Waals surface area contributed by atoms with Crippen molar-refractivity contribution in [3.05, 3.63) is 36.5 Å². The lowest BCUT2D eigenvalue weighted by Crippen LogP contribution is -2.30. The number of aliphatic hydroxyl groups excluding tert-OH is 1. The number of carbonyl (C=O) groups excluding carboxylic acids is 3. The van der Waals surface area contributed by atoms with Crippen LogP contribution < -0.4 is 0 Å². The van der Waals surface area contributed by atoms with Crippen LogP contribution in [0.1, 0.15) is 278 Å². The highest BCUT2D eigenvalue weighted by molar-refractivity contribution is 7.47. The van der Waals surface area contributed by atoms with E-state index < -0.39 is 57.8 Å². The topological polar surface area (TPSA) is 155 Å². The molecule has 0 aliphatic carbocycles. The molecule has 0 aromatic heterocycles. The normalized spacial score (nSPS) is 13.6. The molecule has 410 valence electrons. The van der Waals surface area contributed by atoms with Crippen LogP contribution >= 0.6 is 7.82 Å². The predicted molar refractivity (Wildman–Crippen MR) is 289 cm³/mol. The molecule has 0 radical (unpaired) electrons. The van der Waals surface area contributed by atoms with E-state index in [1.165, 1.54) is 116 Å². The Balaban J connectivity index is 4.72. The van der Waals surface area contributed by atoms with Gasteiger partial charge in [-0.1, -0.05) is 224 Å². The summed E-state index contributed by atoms with van der Waals surface area (Å²) in [4.78, 5) is 48.5. The van der Waals surface area contributed by atoms with Crippen molar-refractivity contribution < 1.29 is 52.2 Å². The minimum absolute atomic E-state index is 0.160. The van der Waals surface area contributed by atoms with Crippen LogP contribution in [-0.4, -0.2) is 66.5 Å². The summed E-state index contributed by atoms with van der Waals surface area (Å²) >= 11 is 0. The quantitative estimate of drug-likeness (QED) is 0.0197. The Bertz CT molecular complexity index is 1320. The molecule has 70 heavy (non-hydrogen) atoms. The standard InChI is InChI=1S/C58H107O11P/c1-4-7-10-13-16-19-22-25-27-30-32-35-38-41-44-47-56(60)65-51-55(69-58(62)49-46-43-40-37-34-31-28-26-23-20-17-14-11-8-5-2)53-67-70(63,64)66-52-54(50-59)68-57(61)48-45-42-39-36-33-29-24-21-18-15-12-9-6-3/h12,15,21,24,26,28,54-55,59H,4-11,13-14,16-20,22-23,25,27,29-53H2,1-3H3,(H,63,64)/b15-12-,24-21-,28-26-. The average Bonchev–Trinajstić information content (AvgIpc) is 3.35. The number of phosphoric ester groups is 1. The summed E-state index contributed by atoms with van der Waals surface area (Å²) in [7, 11) is -4.75. The Morgan fingerprint density at radius 3 is 1.13 bits per heavy atom. The van der Waals surface area contributed by atoms with Crippen LogP contribution in [0.3, 0.4) is 0 Å². The molecule has 0 aromatic carbocycles. The second-order valence-corrected chi connectivity index (χ2v) is 20.9. The van der Waals surface area contributed by atoms with Crippen molar-refractivity contribution in [2.45, 2.75) is 290 Å². The number of carbonyl (C=O) groups is 3. The summed E-state index contributed by atoms with van der Waals surface area (Å²) in [5.74, 6) is -1.47. The van der Waals surface area contributed by atoms with Gasteiger partial charge in [0.1, 0.15) is 12.7 Å². The fraction of sp³-hybridized carbons (Fsp3) is 0.845. The fourth-order valence-electron chi connectivity index (χ4n) is 8.10. The minimum Gasteiger partial charge on any atom is -0.462 e. The molecule has 0 rings (SSSR count). The summed E-state index contributed by atoms with van der Waals surface area (Å²) < 4.78 is 39.5. The molecule has 0 saturated carbocycles. The monoisotopic (exact) mass is 1010 g/mol. The van der Waals surface area contributed by atoms with Gasteiger partial charge in [0.05, 0.1) is 19.8 Å². The van der Waals surface area contributed by atoms with Crippen molar-refractivity contribution >= 4 is 25.7 Å². The third-order valence-electron chi connectivity index (χ3n) is 12.5. The van der Waals surface area contributed by atoms with E-state index in [-0.39, 0.29) is 25.9 Å². The van der Waals surface area contributed by atoms with Gasteiger partial charge in [0, 0.05) is 19.3 Å². The van der Waals surface area contributed by atoms with Crippen LogP contribution in [0.2, 0.25) is 0 Å². The van der Waals surface area contributed by atoms with Gasteiger partial charge in [-0.05, 0) is 70.6 Å². The van der Waals surface area contributed by atoms with Gasteiger partial charge >= 0.3 is 25.7 Å². The highest BCUT2D eigenvalue weighted by atomic mass is 31.2. The van der Waals surface area contributed by atoms with Crippen LogP contribution in [0.5, 0.6) is 0 Å². The number of hydrogen-bond acceptors (Lipinski definition) is 10. The Morgan fingerprint density at radius 2 is 0.729 bits per heavy atom. The van der Waals surface area contributed by atoms with Crippen LogP contribution in [0.4, 0.5) is 0 Å².